The SMILES string of the molecule is CCC1(C)CNc2ccccc2CN1.Cl.Cl. The number of fused-ring (bicyclic) bond motifs is 1. The largest absolute Gasteiger partial charge is 0.383 e. The molecule has 16 heavy (non-hydrogen) atoms. The third-order valence-electron chi connectivity index (χ3n) is 3.17. The second-order valence-corrected chi connectivity index (χ2v) is 4.28. The molecule has 1 atom stereocenters. The van der Waals surface area contributed by atoms with Crippen LogP contribution in [0.15, 0.2) is 24.3 Å². The number of benzene rings is 1. The monoisotopic (exact) mass is 262 g/mol. The maximum absolute atomic E-state index is 3.60. The van der Waals surface area contributed by atoms with Gasteiger partial charge in [0.2, 0.25) is 0 Å². The van der Waals surface area contributed by atoms with Crippen molar-refractivity contribution in [2.45, 2.75) is 32.4 Å². The smallest absolute Gasteiger partial charge is 0.0386 e. The summed E-state index contributed by atoms with van der Waals surface area (Å²) in [5.74, 6) is 0. The van der Waals surface area contributed by atoms with Gasteiger partial charge >= 0.3 is 0 Å². The lowest BCUT2D eigenvalue weighted by Gasteiger charge is -2.27. The number of rotatable bonds is 1. The minimum atomic E-state index is 0. The van der Waals surface area contributed by atoms with Crippen molar-refractivity contribution in [2.24, 2.45) is 0 Å². The van der Waals surface area contributed by atoms with Crippen molar-refractivity contribution in [3.63, 3.8) is 0 Å². The van der Waals surface area contributed by atoms with Crippen LogP contribution in [0.2, 0.25) is 0 Å². The summed E-state index contributed by atoms with van der Waals surface area (Å²) in [6.45, 7) is 6.46. The van der Waals surface area contributed by atoms with Crippen LogP contribution in [0.1, 0.15) is 25.8 Å². The van der Waals surface area contributed by atoms with E-state index < -0.39 is 0 Å². The van der Waals surface area contributed by atoms with E-state index in [0.29, 0.717) is 0 Å². The van der Waals surface area contributed by atoms with E-state index in [1.807, 2.05) is 0 Å². The fourth-order valence-electron chi connectivity index (χ4n) is 1.76. The summed E-state index contributed by atoms with van der Waals surface area (Å²) >= 11 is 0. The Kier molecular flexibility index (Phi) is 6.16. The molecule has 2 N–H and O–H groups in total. The molecule has 0 radical (unpaired) electrons. The number of hydrogen-bond acceptors (Lipinski definition) is 2. The van der Waals surface area contributed by atoms with Gasteiger partial charge in [0, 0.05) is 24.3 Å². The Morgan fingerprint density at radius 2 is 1.94 bits per heavy atom. The molecule has 92 valence electrons. The quantitative estimate of drug-likeness (QED) is 0.813. The van der Waals surface area contributed by atoms with E-state index in [0.717, 1.165) is 19.5 Å². The number of para-hydroxylation sites is 1. The van der Waals surface area contributed by atoms with Crippen LogP contribution in [0.3, 0.4) is 0 Å². The summed E-state index contributed by atoms with van der Waals surface area (Å²) in [5, 5.41) is 7.11. The lowest BCUT2D eigenvalue weighted by molar-refractivity contribution is 0.365. The Balaban J connectivity index is 0.00000112. The van der Waals surface area contributed by atoms with Gasteiger partial charge in [0.1, 0.15) is 0 Å². The second-order valence-electron chi connectivity index (χ2n) is 4.28. The Morgan fingerprint density at radius 1 is 1.25 bits per heavy atom. The topological polar surface area (TPSA) is 24.1 Å². The molecule has 0 saturated heterocycles. The van der Waals surface area contributed by atoms with Gasteiger partial charge in [0.25, 0.3) is 0 Å². The van der Waals surface area contributed by atoms with Crippen molar-refractivity contribution in [3.8, 4) is 0 Å². The molecule has 2 rings (SSSR count). The highest BCUT2D eigenvalue weighted by atomic mass is 35.5. The van der Waals surface area contributed by atoms with Crippen LogP contribution >= 0.6 is 24.8 Å². The van der Waals surface area contributed by atoms with Crippen molar-refractivity contribution in [3.05, 3.63) is 29.8 Å². The van der Waals surface area contributed by atoms with Crippen molar-refractivity contribution in [1.82, 2.24) is 5.32 Å². The van der Waals surface area contributed by atoms with Crippen molar-refractivity contribution in [1.29, 1.82) is 0 Å². The van der Waals surface area contributed by atoms with E-state index in [2.05, 4.69) is 48.7 Å². The number of halogens is 2. The first-order chi connectivity index (χ1) is 6.73. The standard InChI is InChI=1S/C12H18N2.2ClH/c1-3-12(2)9-13-11-7-5-4-6-10(11)8-14-12;;/h4-7,13-14H,3,8-9H2,1-2H3;2*1H. The lowest BCUT2D eigenvalue weighted by Crippen LogP contribution is -2.45. The molecule has 0 fully saturated rings. The molecule has 1 aliphatic heterocycles. The molecule has 0 bridgehead atoms. The molecule has 0 saturated carbocycles. The molecule has 2 nitrogen and oxygen atoms in total. The molecule has 1 unspecified atom stereocenters. The van der Waals surface area contributed by atoms with Crippen LogP contribution in [0.4, 0.5) is 5.69 Å². The Labute approximate surface area is 110 Å². The van der Waals surface area contributed by atoms with E-state index in [4.69, 9.17) is 0 Å². The van der Waals surface area contributed by atoms with Gasteiger partial charge in [-0.3, -0.25) is 0 Å². The van der Waals surface area contributed by atoms with Crippen LogP contribution in [0, 0.1) is 0 Å². The summed E-state index contributed by atoms with van der Waals surface area (Å²) in [6.07, 6.45) is 1.15. The molecule has 1 aliphatic rings. The first-order valence-electron chi connectivity index (χ1n) is 5.30. The predicted octanol–water partition coefficient (Wildman–Crippen LogP) is 3.21. The van der Waals surface area contributed by atoms with Gasteiger partial charge in [0.05, 0.1) is 0 Å². The second kappa shape index (κ2) is 6.33. The van der Waals surface area contributed by atoms with Crippen molar-refractivity contribution >= 4 is 30.5 Å². The molecular weight excluding hydrogens is 243 g/mol. The van der Waals surface area contributed by atoms with E-state index in [9.17, 15) is 0 Å². The molecule has 0 spiro atoms. The first kappa shape index (κ1) is 15.6. The van der Waals surface area contributed by atoms with Crippen LogP contribution in [-0.2, 0) is 6.54 Å². The Hall–Kier alpha value is -0.440. The van der Waals surface area contributed by atoms with Crippen LogP contribution < -0.4 is 10.6 Å². The van der Waals surface area contributed by atoms with E-state index in [-0.39, 0.29) is 30.4 Å². The zero-order valence-electron chi connectivity index (χ0n) is 9.75. The summed E-state index contributed by atoms with van der Waals surface area (Å²) in [6, 6.07) is 8.51. The fraction of sp³-hybridized carbons (Fsp3) is 0.500. The third kappa shape index (κ3) is 3.27. The predicted molar refractivity (Wildman–Crippen MR) is 75.0 cm³/mol. The number of hydrogen-bond donors (Lipinski definition) is 2. The Bertz CT molecular complexity index is 302. The maximum Gasteiger partial charge on any atom is 0.0386 e. The molecule has 1 heterocycles. The van der Waals surface area contributed by atoms with Gasteiger partial charge < -0.3 is 10.6 Å². The van der Waals surface area contributed by atoms with Gasteiger partial charge in [-0.25, -0.2) is 0 Å². The average molecular weight is 263 g/mol. The Morgan fingerprint density at radius 3 is 2.62 bits per heavy atom. The van der Waals surface area contributed by atoms with Gasteiger partial charge in [-0.1, -0.05) is 25.1 Å². The summed E-state index contributed by atoms with van der Waals surface area (Å²) in [5.41, 5.74) is 2.86. The number of anilines is 1. The number of nitrogens with one attached hydrogen (secondary N) is 2. The normalized spacial score (nSPS) is 22.9. The average Bonchev–Trinajstić information content (AvgIpc) is 2.40. The first-order valence-corrected chi connectivity index (χ1v) is 5.30. The highest BCUT2D eigenvalue weighted by molar-refractivity contribution is 5.85. The molecule has 0 aliphatic carbocycles. The molecule has 0 amide bonds. The minimum Gasteiger partial charge on any atom is -0.383 e. The van der Waals surface area contributed by atoms with Gasteiger partial charge in [0.15, 0.2) is 0 Å². The maximum atomic E-state index is 3.60. The molecule has 4 heteroatoms. The molecule has 1 aromatic carbocycles. The highest BCUT2D eigenvalue weighted by Gasteiger charge is 2.24. The summed E-state index contributed by atoms with van der Waals surface area (Å²) < 4.78 is 0. The lowest BCUT2D eigenvalue weighted by atomic mass is 9.99. The van der Waals surface area contributed by atoms with E-state index in [1.54, 1.807) is 0 Å². The van der Waals surface area contributed by atoms with Gasteiger partial charge in [-0.15, -0.1) is 24.8 Å². The minimum absolute atomic E-state index is 0. The van der Waals surface area contributed by atoms with Crippen molar-refractivity contribution < 1.29 is 0 Å². The zero-order valence-corrected chi connectivity index (χ0v) is 11.4. The molecular formula is C12H20Cl2N2. The van der Waals surface area contributed by atoms with Crippen LogP contribution in [0.5, 0.6) is 0 Å². The summed E-state index contributed by atoms with van der Waals surface area (Å²) in [4.78, 5) is 0. The van der Waals surface area contributed by atoms with E-state index >= 15 is 0 Å². The van der Waals surface area contributed by atoms with Gasteiger partial charge in [-0.05, 0) is 25.0 Å². The molecule has 1 aromatic rings. The van der Waals surface area contributed by atoms with E-state index in [1.165, 1.54) is 11.3 Å². The van der Waals surface area contributed by atoms with Crippen molar-refractivity contribution in [2.75, 3.05) is 11.9 Å². The molecule has 0 aromatic heterocycles. The van der Waals surface area contributed by atoms with Crippen LogP contribution in [-0.4, -0.2) is 12.1 Å². The summed E-state index contributed by atoms with van der Waals surface area (Å²) in [7, 11) is 0. The third-order valence-corrected chi connectivity index (χ3v) is 3.17. The fourth-order valence-corrected chi connectivity index (χ4v) is 1.76. The van der Waals surface area contributed by atoms with Gasteiger partial charge in [-0.2, -0.15) is 0 Å². The highest BCUT2D eigenvalue weighted by Crippen LogP contribution is 2.21. The van der Waals surface area contributed by atoms with Crippen LogP contribution in [0.25, 0.3) is 0 Å². The zero-order chi connectivity index (χ0) is 10.0.